The number of nitrogens with zero attached hydrogens (tertiary/aromatic N) is 3. The lowest BCUT2D eigenvalue weighted by molar-refractivity contribution is -0.119. The molecular formula is C18H20Cl2N4O2. The largest absolute Gasteiger partial charge is 0.369 e. The van der Waals surface area contributed by atoms with Gasteiger partial charge in [-0.3, -0.25) is 9.59 Å². The first-order chi connectivity index (χ1) is 12.5. The van der Waals surface area contributed by atoms with E-state index in [1.54, 1.807) is 37.4 Å². The third-order valence-corrected chi connectivity index (χ3v) is 5.09. The molecule has 3 rings (SSSR count). The Labute approximate surface area is 161 Å². The summed E-state index contributed by atoms with van der Waals surface area (Å²) in [7, 11) is 0. The Kier molecular flexibility index (Phi) is 5.84. The van der Waals surface area contributed by atoms with Crippen LogP contribution in [0.3, 0.4) is 0 Å². The molecule has 26 heavy (non-hydrogen) atoms. The van der Waals surface area contributed by atoms with Crippen LogP contribution in [0.15, 0.2) is 35.3 Å². The fourth-order valence-corrected chi connectivity index (χ4v) is 3.34. The molecule has 8 heteroatoms. The topological polar surface area (TPSA) is 67.2 Å². The molecule has 1 aromatic heterocycles. The molecule has 1 N–H and O–H groups in total. The Balaban J connectivity index is 1.79. The van der Waals surface area contributed by atoms with Gasteiger partial charge < -0.3 is 10.2 Å². The number of halogens is 2. The van der Waals surface area contributed by atoms with Crippen molar-refractivity contribution in [3.05, 3.63) is 50.9 Å². The number of carbonyl (C=O) groups excluding carboxylic acids is 1. The van der Waals surface area contributed by atoms with Crippen LogP contribution in [0.5, 0.6) is 0 Å². The van der Waals surface area contributed by atoms with E-state index in [4.69, 9.17) is 23.2 Å². The van der Waals surface area contributed by atoms with Crippen LogP contribution in [0.2, 0.25) is 10.0 Å². The highest BCUT2D eigenvalue weighted by atomic mass is 35.5. The molecule has 6 nitrogen and oxygen atoms in total. The van der Waals surface area contributed by atoms with Crippen LogP contribution in [0.25, 0.3) is 0 Å². The quantitative estimate of drug-likeness (QED) is 0.857. The second-order valence-corrected chi connectivity index (χ2v) is 7.13. The minimum absolute atomic E-state index is 0.105. The predicted octanol–water partition coefficient (Wildman–Crippen LogP) is 3.74. The smallest absolute Gasteiger partial charge is 0.288 e. The molecule has 1 amide bonds. The molecule has 0 bridgehead atoms. The number of nitrogens with one attached hydrogen (secondary N) is 1. The third kappa shape index (κ3) is 4.02. The monoisotopic (exact) mass is 394 g/mol. The van der Waals surface area contributed by atoms with Crippen molar-refractivity contribution >= 4 is 40.5 Å². The van der Waals surface area contributed by atoms with E-state index in [-0.39, 0.29) is 10.9 Å². The third-order valence-electron chi connectivity index (χ3n) is 4.48. The molecule has 0 saturated carbocycles. The van der Waals surface area contributed by atoms with Gasteiger partial charge in [0.15, 0.2) is 0 Å². The van der Waals surface area contributed by atoms with Gasteiger partial charge in [0, 0.05) is 23.8 Å². The summed E-state index contributed by atoms with van der Waals surface area (Å²) in [5.41, 5.74) is 0.766. The second-order valence-electron chi connectivity index (χ2n) is 6.31. The van der Waals surface area contributed by atoms with Crippen molar-refractivity contribution in [3.63, 3.8) is 0 Å². The van der Waals surface area contributed by atoms with Gasteiger partial charge in [-0.2, -0.15) is 5.10 Å². The average Bonchev–Trinajstić information content (AvgIpc) is 2.66. The van der Waals surface area contributed by atoms with Gasteiger partial charge >= 0.3 is 0 Å². The van der Waals surface area contributed by atoms with Gasteiger partial charge in [-0.15, -0.1) is 0 Å². The number of hydrogen-bond donors (Lipinski definition) is 1. The number of hydrogen-bond acceptors (Lipinski definition) is 4. The fraction of sp³-hybridized carbons (Fsp3) is 0.389. The lowest BCUT2D eigenvalue weighted by atomic mass is 10.1. The Bertz CT molecular complexity index is 845. The molecule has 1 fully saturated rings. The van der Waals surface area contributed by atoms with E-state index in [0.29, 0.717) is 16.4 Å². The van der Waals surface area contributed by atoms with E-state index in [9.17, 15) is 9.59 Å². The number of carbonyl (C=O) groups is 1. The Morgan fingerprint density at radius 3 is 2.46 bits per heavy atom. The van der Waals surface area contributed by atoms with Crippen molar-refractivity contribution in [1.29, 1.82) is 0 Å². The molecule has 0 radical (unpaired) electrons. The van der Waals surface area contributed by atoms with E-state index in [2.05, 4.69) is 15.3 Å². The molecule has 1 saturated heterocycles. The molecule has 0 aliphatic carbocycles. The summed E-state index contributed by atoms with van der Waals surface area (Å²) in [5, 5.41) is 7.61. The van der Waals surface area contributed by atoms with Crippen molar-refractivity contribution in [1.82, 2.24) is 9.78 Å². The first-order valence-electron chi connectivity index (χ1n) is 8.56. The van der Waals surface area contributed by atoms with Crippen LogP contribution in [-0.2, 0) is 4.79 Å². The maximum absolute atomic E-state index is 12.6. The van der Waals surface area contributed by atoms with E-state index in [0.717, 1.165) is 30.6 Å². The molecule has 2 heterocycles. The zero-order valence-electron chi connectivity index (χ0n) is 14.4. The van der Waals surface area contributed by atoms with Crippen LogP contribution in [0.1, 0.15) is 32.2 Å². The lowest BCUT2D eigenvalue weighted by Crippen LogP contribution is -2.36. The number of amides is 1. The van der Waals surface area contributed by atoms with E-state index in [1.807, 2.05) is 0 Å². The predicted molar refractivity (Wildman–Crippen MR) is 104 cm³/mol. The van der Waals surface area contributed by atoms with Gasteiger partial charge in [-0.25, -0.2) is 4.68 Å². The molecule has 1 atom stereocenters. The van der Waals surface area contributed by atoms with Gasteiger partial charge in [0.1, 0.15) is 11.1 Å². The number of piperidine rings is 1. The van der Waals surface area contributed by atoms with Gasteiger partial charge in [0.05, 0.1) is 11.9 Å². The Morgan fingerprint density at radius 1 is 1.15 bits per heavy atom. The van der Waals surface area contributed by atoms with E-state index < -0.39 is 11.6 Å². The summed E-state index contributed by atoms with van der Waals surface area (Å²) in [4.78, 5) is 27.1. The van der Waals surface area contributed by atoms with Crippen molar-refractivity contribution in [2.45, 2.75) is 32.2 Å². The van der Waals surface area contributed by atoms with Crippen molar-refractivity contribution in [2.75, 3.05) is 23.3 Å². The molecule has 1 aromatic carbocycles. The molecule has 138 valence electrons. The summed E-state index contributed by atoms with van der Waals surface area (Å²) in [5.74, 6) is -0.358. The molecule has 1 unspecified atom stereocenters. The van der Waals surface area contributed by atoms with Gasteiger partial charge in [-0.05, 0) is 50.5 Å². The van der Waals surface area contributed by atoms with Gasteiger partial charge in [0.25, 0.3) is 5.56 Å². The van der Waals surface area contributed by atoms with Gasteiger partial charge in [0.2, 0.25) is 5.91 Å². The highest BCUT2D eigenvalue weighted by Crippen LogP contribution is 2.25. The van der Waals surface area contributed by atoms with Gasteiger partial charge in [-0.1, -0.05) is 23.2 Å². The first-order valence-corrected chi connectivity index (χ1v) is 9.31. The molecule has 1 aliphatic rings. The van der Waals surface area contributed by atoms with Crippen LogP contribution >= 0.6 is 23.2 Å². The standard InChI is InChI=1S/C18H20Cl2N4O2/c1-12(17(25)22-14-7-5-13(19)6-8-14)24-18(26)16(20)15(11-21-24)23-9-3-2-4-10-23/h5-8,11-12H,2-4,9-10H2,1H3,(H,22,25). The normalized spacial score (nSPS) is 15.6. The van der Waals surface area contributed by atoms with E-state index >= 15 is 0 Å². The molecule has 1 aliphatic heterocycles. The molecule has 2 aromatic rings. The number of benzene rings is 1. The highest BCUT2D eigenvalue weighted by Gasteiger charge is 2.22. The Hall–Kier alpha value is -2.05. The number of aromatic nitrogens is 2. The molecule has 0 spiro atoms. The summed E-state index contributed by atoms with van der Waals surface area (Å²) in [6, 6.07) is 5.93. The summed E-state index contributed by atoms with van der Waals surface area (Å²) in [6.45, 7) is 3.32. The minimum Gasteiger partial charge on any atom is -0.369 e. The number of rotatable bonds is 4. The fourth-order valence-electron chi connectivity index (χ4n) is 2.96. The maximum Gasteiger partial charge on any atom is 0.288 e. The average molecular weight is 395 g/mol. The summed E-state index contributed by atoms with van der Waals surface area (Å²) < 4.78 is 1.11. The molecular weight excluding hydrogens is 375 g/mol. The van der Waals surface area contributed by atoms with Crippen LogP contribution in [0.4, 0.5) is 11.4 Å². The van der Waals surface area contributed by atoms with Crippen molar-refractivity contribution in [2.24, 2.45) is 0 Å². The van der Waals surface area contributed by atoms with Crippen LogP contribution in [-0.4, -0.2) is 28.8 Å². The second kappa shape index (κ2) is 8.10. The zero-order valence-corrected chi connectivity index (χ0v) is 15.9. The van der Waals surface area contributed by atoms with E-state index in [1.165, 1.54) is 6.42 Å². The van der Waals surface area contributed by atoms with Crippen LogP contribution in [0, 0.1) is 0 Å². The lowest BCUT2D eigenvalue weighted by Gasteiger charge is -2.29. The highest BCUT2D eigenvalue weighted by molar-refractivity contribution is 6.33. The Morgan fingerprint density at radius 2 is 1.81 bits per heavy atom. The van der Waals surface area contributed by atoms with Crippen molar-refractivity contribution in [3.8, 4) is 0 Å². The first kappa shape index (κ1) is 18.7. The summed E-state index contributed by atoms with van der Waals surface area (Å²) in [6.07, 6.45) is 4.89. The zero-order chi connectivity index (χ0) is 18.7. The maximum atomic E-state index is 12.6. The summed E-state index contributed by atoms with van der Waals surface area (Å²) >= 11 is 12.1. The number of anilines is 2. The SMILES string of the molecule is CC(C(=O)Nc1ccc(Cl)cc1)n1ncc(N2CCCCC2)c(Cl)c1=O. The van der Waals surface area contributed by atoms with Crippen LogP contribution < -0.4 is 15.8 Å². The van der Waals surface area contributed by atoms with Crippen molar-refractivity contribution < 1.29 is 4.79 Å². The minimum atomic E-state index is -0.800.